The van der Waals surface area contributed by atoms with Crippen LogP contribution in [-0.4, -0.2) is 63.8 Å². The fourth-order valence-electron chi connectivity index (χ4n) is 3.57. The molecule has 0 radical (unpaired) electrons. The summed E-state index contributed by atoms with van der Waals surface area (Å²) in [5.41, 5.74) is 1.44. The highest BCUT2D eigenvalue weighted by molar-refractivity contribution is 6.45. The summed E-state index contributed by atoms with van der Waals surface area (Å²) in [5, 5.41) is 0. The van der Waals surface area contributed by atoms with E-state index in [0.717, 1.165) is 11.3 Å². The van der Waals surface area contributed by atoms with Crippen molar-refractivity contribution in [1.82, 2.24) is 4.90 Å². The molecule has 1 heterocycles. The number of carbonyl (C=O) groups is 2. The summed E-state index contributed by atoms with van der Waals surface area (Å²) in [6.45, 7) is 4.13. The zero-order valence-electron chi connectivity index (χ0n) is 19.2. The average Bonchev–Trinajstić information content (AvgIpc) is 3.08. The lowest BCUT2D eigenvalue weighted by molar-refractivity contribution is -0.120. The van der Waals surface area contributed by atoms with Crippen LogP contribution in [0.25, 0.3) is 5.57 Å². The van der Waals surface area contributed by atoms with Crippen LogP contribution in [0.4, 0.5) is 10.1 Å². The zero-order chi connectivity index (χ0) is 23.8. The van der Waals surface area contributed by atoms with Gasteiger partial charge in [0.2, 0.25) is 0 Å². The van der Waals surface area contributed by atoms with Gasteiger partial charge in [-0.25, -0.2) is 9.29 Å². The second kappa shape index (κ2) is 11.6. The third kappa shape index (κ3) is 5.58. The molecular formula is C25H29FN2O5. The number of anilines is 1. The van der Waals surface area contributed by atoms with Crippen molar-refractivity contribution < 1.29 is 28.2 Å². The van der Waals surface area contributed by atoms with E-state index in [1.807, 2.05) is 6.92 Å². The van der Waals surface area contributed by atoms with Crippen molar-refractivity contribution >= 4 is 23.1 Å². The van der Waals surface area contributed by atoms with Crippen molar-refractivity contribution in [3.05, 3.63) is 65.6 Å². The smallest absolute Gasteiger partial charge is 0.282 e. The monoisotopic (exact) mass is 456 g/mol. The molecule has 0 saturated carbocycles. The molecule has 0 aromatic heterocycles. The fourth-order valence-corrected chi connectivity index (χ4v) is 3.57. The molecule has 0 N–H and O–H groups in total. The van der Waals surface area contributed by atoms with Crippen LogP contribution in [0.3, 0.4) is 0 Å². The van der Waals surface area contributed by atoms with Gasteiger partial charge in [-0.3, -0.25) is 9.59 Å². The summed E-state index contributed by atoms with van der Waals surface area (Å²) in [6, 6.07) is 12.4. The maximum atomic E-state index is 13.6. The van der Waals surface area contributed by atoms with Crippen molar-refractivity contribution in [1.29, 1.82) is 0 Å². The van der Waals surface area contributed by atoms with Crippen molar-refractivity contribution in [3.8, 4) is 5.75 Å². The molecule has 3 rings (SSSR count). The number of imide groups is 1. The number of methoxy groups -OCH3 is 2. The van der Waals surface area contributed by atoms with Gasteiger partial charge in [0, 0.05) is 27.3 Å². The molecular weight excluding hydrogens is 427 g/mol. The van der Waals surface area contributed by atoms with Gasteiger partial charge in [0.15, 0.2) is 0 Å². The largest absolute Gasteiger partial charge is 0.494 e. The van der Waals surface area contributed by atoms with Crippen LogP contribution < -0.4 is 9.64 Å². The van der Waals surface area contributed by atoms with E-state index in [4.69, 9.17) is 14.2 Å². The number of hydrogen-bond acceptors (Lipinski definition) is 6. The Morgan fingerprint density at radius 1 is 0.848 bits per heavy atom. The van der Waals surface area contributed by atoms with E-state index < -0.39 is 17.6 Å². The minimum atomic E-state index is -0.472. The first-order valence-electron chi connectivity index (χ1n) is 10.9. The molecule has 2 aromatic rings. The molecule has 0 saturated heterocycles. The predicted molar refractivity (Wildman–Crippen MR) is 123 cm³/mol. The summed E-state index contributed by atoms with van der Waals surface area (Å²) < 4.78 is 29.6. The van der Waals surface area contributed by atoms with Gasteiger partial charge < -0.3 is 19.1 Å². The van der Waals surface area contributed by atoms with E-state index in [9.17, 15) is 14.0 Å². The molecule has 1 aliphatic heterocycles. The lowest BCUT2D eigenvalue weighted by Gasteiger charge is -2.25. The highest BCUT2D eigenvalue weighted by atomic mass is 19.1. The second-order valence-electron chi connectivity index (χ2n) is 7.49. The third-order valence-electron chi connectivity index (χ3n) is 5.21. The van der Waals surface area contributed by atoms with Gasteiger partial charge >= 0.3 is 0 Å². The van der Waals surface area contributed by atoms with Crippen LogP contribution in [-0.2, 0) is 19.1 Å². The van der Waals surface area contributed by atoms with E-state index in [0.29, 0.717) is 49.9 Å². The summed E-state index contributed by atoms with van der Waals surface area (Å²) in [5.74, 6) is -0.704. The maximum Gasteiger partial charge on any atom is 0.282 e. The Balaban J connectivity index is 2.06. The first-order chi connectivity index (χ1) is 16.0. The SMILES string of the molecule is CCCOc1ccc(C2=C(N(CCOC)CCOC)C(=O)N(c3ccc(F)cc3)C2=O)cc1. The molecule has 0 spiro atoms. The summed E-state index contributed by atoms with van der Waals surface area (Å²) in [4.78, 5) is 30.0. The van der Waals surface area contributed by atoms with E-state index in [1.54, 1.807) is 43.4 Å². The van der Waals surface area contributed by atoms with Gasteiger partial charge in [-0.1, -0.05) is 19.1 Å². The van der Waals surface area contributed by atoms with Crippen LogP contribution in [0.5, 0.6) is 5.75 Å². The van der Waals surface area contributed by atoms with Crippen LogP contribution in [0.2, 0.25) is 0 Å². The molecule has 0 atom stereocenters. The van der Waals surface area contributed by atoms with E-state index in [2.05, 4.69) is 0 Å². The Hall–Kier alpha value is -3.23. The highest BCUT2D eigenvalue weighted by Gasteiger charge is 2.42. The predicted octanol–water partition coefficient (Wildman–Crippen LogP) is 3.49. The number of ether oxygens (including phenoxy) is 3. The summed E-state index contributed by atoms with van der Waals surface area (Å²) in [6.07, 6.45) is 0.880. The van der Waals surface area contributed by atoms with Gasteiger partial charge in [0.05, 0.1) is 31.1 Å². The second-order valence-corrected chi connectivity index (χ2v) is 7.49. The standard InChI is InChI=1S/C25H29FN2O5/c1-4-15-33-21-11-5-18(6-12-21)22-23(27(13-16-31-2)14-17-32-3)25(30)28(24(22)29)20-9-7-19(26)8-10-20/h5-12H,4,13-17H2,1-3H3. The van der Waals surface area contributed by atoms with Crippen molar-refractivity contribution in [3.63, 3.8) is 0 Å². The summed E-state index contributed by atoms with van der Waals surface area (Å²) >= 11 is 0. The molecule has 176 valence electrons. The average molecular weight is 457 g/mol. The molecule has 0 fully saturated rings. The van der Waals surface area contributed by atoms with Gasteiger partial charge in [0.25, 0.3) is 11.8 Å². The van der Waals surface area contributed by atoms with E-state index in [1.165, 1.54) is 24.3 Å². The molecule has 8 heteroatoms. The number of carbonyl (C=O) groups excluding carboxylic acids is 2. The molecule has 2 amide bonds. The molecule has 0 aliphatic carbocycles. The van der Waals surface area contributed by atoms with Gasteiger partial charge in [0.1, 0.15) is 17.3 Å². The zero-order valence-corrected chi connectivity index (χ0v) is 19.2. The summed E-state index contributed by atoms with van der Waals surface area (Å²) in [7, 11) is 3.15. The molecule has 0 bridgehead atoms. The third-order valence-corrected chi connectivity index (χ3v) is 5.21. The van der Waals surface area contributed by atoms with E-state index >= 15 is 0 Å². The fraction of sp³-hybridized carbons (Fsp3) is 0.360. The van der Waals surface area contributed by atoms with Crippen LogP contribution in [0.15, 0.2) is 54.2 Å². The topological polar surface area (TPSA) is 68.3 Å². The lowest BCUT2D eigenvalue weighted by atomic mass is 10.0. The number of benzene rings is 2. The molecule has 1 aliphatic rings. The Bertz CT molecular complexity index is 981. The number of rotatable bonds is 12. The quantitative estimate of drug-likeness (QED) is 0.456. The molecule has 7 nitrogen and oxygen atoms in total. The Kier molecular flexibility index (Phi) is 8.57. The van der Waals surface area contributed by atoms with Crippen molar-refractivity contribution in [2.75, 3.05) is 52.0 Å². The lowest BCUT2D eigenvalue weighted by Crippen LogP contribution is -2.37. The van der Waals surface area contributed by atoms with Crippen LogP contribution in [0, 0.1) is 5.82 Å². The van der Waals surface area contributed by atoms with Crippen molar-refractivity contribution in [2.45, 2.75) is 13.3 Å². The minimum Gasteiger partial charge on any atom is -0.494 e. The van der Waals surface area contributed by atoms with Crippen molar-refractivity contribution in [2.24, 2.45) is 0 Å². The maximum absolute atomic E-state index is 13.6. The van der Waals surface area contributed by atoms with Gasteiger partial charge in [-0.2, -0.15) is 0 Å². The van der Waals surface area contributed by atoms with Crippen LogP contribution >= 0.6 is 0 Å². The molecule has 0 unspecified atom stereocenters. The number of halogens is 1. The Morgan fingerprint density at radius 2 is 1.45 bits per heavy atom. The molecule has 2 aromatic carbocycles. The van der Waals surface area contributed by atoms with E-state index in [-0.39, 0.29) is 11.3 Å². The minimum absolute atomic E-state index is 0.264. The Labute approximate surface area is 193 Å². The highest BCUT2D eigenvalue weighted by Crippen LogP contribution is 2.35. The number of hydrogen-bond donors (Lipinski definition) is 0. The first-order valence-corrected chi connectivity index (χ1v) is 10.9. The Morgan fingerprint density at radius 3 is 2.00 bits per heavy atom. The van der Waals surface area contributed by atoms with Gasteiger partial charge in [-0.05, 0) is 48.4 Å². The molecule has 33 heavy (non-hydrogen) atoms. The normalized spacial score (nSPS) is 13.8. The van der Waals surface area contributed by atoms with Gasteiger partial charge in [-0.15, -0.1) is 0 Å². The number of amides is 2. The van der Waals surface area contributed by atoms with Crippen LogP contribution in [0.1, 0.15) is 18.9 Å². The first kappa shape index (κ1) is 24.4. The number of nitrogens with zero attached hydrogens (tertiary/aromatic N) is 2.